The molecule has 212 valence electrons. The molecular weight excluding hydrogens is 514 g/mol. The second-order valence-corrected chi connectivity index (χ2v) is 12.1. The molecule has 8 nitrogen and oxygen atoms in total. The van der Waals surface area contributed by atoms with Crippen molar-refractivity contribution >= 4 is 23.4 Å². The van der Waals surface area contributed by atoms with Crippen LogP contribution in [0.2, 0.25) is 5.15 Å². The van der Waals surface area contributed by atoms with Gasteiger partial charge in [0, 0.05) is 38.2 Å². The quantitative estimate of drug-likeness (QED) is 0.504. The topological polar surface area (TPSA) is 90.7 Å². The van der Waals surface area contributed by atoms with Crippen LogP contribution < -0.4 is 5.32 Å². The lowest BCUT2D eigenvalue weighted by Gasteiger charge is -2.52. The maximum atomic E-state index is 13.8. The van der Waals surface area contributed by atoms with Crippen LogP contribution >= 0.6 is 11.6 Å². The lowest BCUT2D eigenvalue weighted by atomic mass is 9.77. The Morgan fingerprint density at radius 2 is 1.77 bits per heavy atom. The van der Waals surface area contributed by atoms with Gasteiger partial charge < -0.3 is 15.3 Å². The molecule has 3 heterocycles. The third kappa shape index (κ3) is 5.61. The summed E-state index contributed by atoms with van der Waals surface area (Å²) in [5, 5.41) is 19.5. The summed E-state index contributed by atoms with van der Waals surface area (Å²) in [6.45, 7) is 6.68. The molecule has 2 N–H and O–H groups in total. The maximum Gasteiger partial charge on any atom is 0.246 e. The molecule has 2 aliphatic heterocycles. The van der Waals surface area contributed by atoms with E-state index in [1.165, 1.54) is 0 Å². The number of piperidine rings is 1. The fourth-order valence-corrected chi connectivity index (χ4v) is 7.03. The minimum atomic E-state index is -0.864. The van der Waals surface area contributed by atoms with E-state index in [-0.39, 0.29) is 11.8 Å². The Morgan fingerprint density at radius 3 is 2.44 bits per heavy atom. The molecule has 1 aliphatic carbocycles. The number of nitrogens with one attached hydrogen (secondary N) is 1. The number of benzene rings is 1. The SMILES string of the molecule is CCCCN1C(=O)[C@@H](CC2(O)CCCCC2)NC(=O)C12CCN(Cc1c(C)nn(-c3ccccc3)c1Cl)CC2. The van der Waals surface area contributed by atoms with Crippen LogP contribution in [0.25, 0.3) is 5.69 Å². The molecular formula is C30H42ClN5O3. The summed E-state index contributed by atoms with van der Waals surface area (Å²) in [6, 6.07) is 9.22. The first-order chi connectivity index (χ1) is 18.8. The number of nitrogens with zero attached hydrogens (tertiary/aromatic N) is 4. The summed E-state index contributed by atoms with van der Waals surface area (Å²) >= 11 is 6.79. The summed E-state index contributed by atoms with van der Waals surface area (Å²) in [5.41, 5.74) is 1.11. The van der Waals surface area contributed by atoms with Gasteiger partial charge in [-0.15, -0.1) is 0 Å². The molecule has 2 aromatic rings. The molecule has 0 radical (unpaired) electrons. The van der Waals surface area contributed by atoms with Crippen molar-refractivity contribution in [3.05, 3.63) is 46.7 Å². The lowest BCUT2D eigenvalue weighted by molar-refractivity contribution is -0.163. The summed E-state index contributed by atoms with van der Waals surface area (Å²) in [4.78, 5) is 31.7. The minimum Gasteiger partial charge on any atom is -0.390 e. The molecule has 39 heavy (non-hydrogen) atoms. The maximum absolute atomic E-state index is 13.8. The molecule has 2 saturated heterocycles. The zero-order valence-electron chi connectivity index (χ0n) is 23.3. The number of hydrogen-bond acceptors (Lipinski definition) is 5. The Balaban J connectivity index is 1.29. The van der Waals surface area contributed by atoms with E-state index in [4.69, 9.17) is 11.6 Å². The summed E-state index contributed by atoms with van der Waals surface area (Å²) < 4.78 is 1.78. The second-order valence-electron chi connectivity index (χ2n) is 11.8. The number of carbonyl (C=O) groups is 2. The number of unbranched alkanes of at least 4 members (excludes halogenated alkanes) is 1. The molecule has 2 amide bonds. The fraction of sp³-hybridized carbons (Fsp3) is 0.633. The number of amides is 2. The van der Waals surface area contributed by atoms with Gasteiger partial charge in [-0.05, 0) is 51.2 Å². The average Bonchev–Trinajstić information content (AvgIpc) is 3.22. The number of aliphatic hydroxyl groups is 1. The molecule has 1 atom stereocenters. The van der Waals surface area contributed by atoms with Gasteiger partial charge in [-0.25, -0.2) is 4.68 Å². The monoisotopic (exact) mass is 555 g/mol. The van der Waals surface area contributed by atoms with Gasteiger partial charge in [0.25, 0.3) is 0 Å². The summed E-state index contributed by atoms with van der Waals surface area (Å²) in [6.07, 6.45) is 7.73. The predicted octanol–water partition coefficient (Wildman–Crippen LogP) is 4.38. The van der Waals surface area contributed by atoms with Crippen molar-refractivity contribution in [1.82, 2.24) is 24.9 Å². The van der Waals surface area contributed by atoms with Gasteiger partial charge in [0.2, 0.25) is 11.8 Å². The van der Waals surface area contributed by atoms with E-state index in [0.29, 0.717) is 63.4 Å². The number of rotatable bonds is 8. The molecule has 9 heteroatoms. The summed E-state index contributed by atoms with van der Waals surface area (Å²) in [7, 11) is 0. The smallest absolute Gasteiger partial charge is 0.246 e. The fourth-order valence-electron chi connectivity index (χ4n) is 6.70. The molecule has 0 bridgehead atoms. The average molecular weight is 556 g/mol. The van der Waals surface area contributed by atoms with Crippen molar-refractivity contribution in [2.45, 2.75) is 102 Å². The van der Waals surface area contributed by atoms with Gasteiger partial charge in [-0.2, -0.15) is 5.10 Å². The van der Waals surface area contributed by atoms with Crippen molar-refractivity contribution in [2.75, 3.05) is 19.6 Å². The van der Waals surface area contributed by atoms with Crippen LogP contribution in [0.15, 0.2) is 30.3 Å². The van der Waals surface area contributed by atoms with Crippen LogP contribution in [0.3, 0.4) is 0 Å². The van der Waals surface area contributed by atoms with Crippen LogP contribution in [0.4, 0.5) is 0 Å². The Labute approximate surface area is 236 Å². The largest absolute Gasteiger partial charge is 0.390 e. The minimum absolute atomic E-state index is 0.0291. The third-order valence-electron chi connectivity index (χ3n) is 9.10. The number of halogens is 1. The highest BCUT2D eigenvalue weighted by molar-refractivity contribution is 6.30. The van der Waals surface area contributed by atoms with Gasteiger partial charge in [0.1, 0.15) is 16.7 Å². The molecule has 0 unspecified atom stereocenters. The van der Waals surface area contributed by atoms with Crippen molar-refractivity contribution in [3.8, 4) is 5.69 Å². The number of aromatic nitrogens is 2. The Kier molecular flexibility index (Phi) is 8.36. The zero-order chi connectivity index (χ0) is 27.6. The lowest BCUT2D eigenvalue weighted by Crippen LogP contribution is -2.73. The van der Waals surface area contributed by atoms with Crippen LogP contribution in [-0.4, -0.2) is 73.3 Å². The van der Waals surface area contributed by atoms with Gasteiger partial charge in [-0.3, -0.25) is 14.5 Å². The Morgan fingerprint density at radius 1 is 1.08 bits per heavy atom. The molecule has 5 rings (SSSR count). The number of carbonyl (C=O) groups excluding carboxylic acids is 2. The second kappa shape index (κ2) is 11.6. The first-order valence-electron chi connectivity index (χ1n) is 14.6. The number of para-hydroxylation sites is 1. The van der Waals surface area contributed by atoms with Gasteiger partial charge >= 0.3 is 0 Å². The summed E-state index contributed by atoms with van der Waals surface area (Å²) in [5.74, 6) is -0.0908. The number of likely N-dealkylation sites (tertiary alicyclic amines) is 1. The first kappa shape index (κ1) is 28.1. The van der Waals surface area contributed by atoms with E-state index < -0.39 is 17.2 Å². The van der Waals surface area contributed by atoms with E-state index in [9.17, 15) is 14.7 Å². The van der Waals surface area contributed by atoms with Crippen molar-refractivity contribution in [2.24, 2.45) is 0 Å². The Bertz CT molecular complexity index is 1170. The van der Waals surface area contributed by atoms with Crippen molar-refractivity contribution in [3.63, 3.8) is 0 Å². The van der Waals surface area contributed by atoms with E-state index in [2.05, 4.69) is 22.2 Å². The zero-order valence-corrected chi connectivity index (χ0v) is 24.1. The van der Waals surface area contributed by atoms with Gasteiger partial charge in [0.15, 0.2) is 0 Å². The molecule has 1 spiro atoms. The van der Waals surface area contributed by atoms with Crippen molar-refractivity contribution in [1.29, 1.82) is 0 Å². The number of piperazine rings is 1. The van der Waals surface area contributed by atoms with E-state index >= 15 is 0 Å². The molecule has 1 saturated carbocycles. The molecule has 1 aromatic carbocycles. The van der Waals surface area contributed by atoms with Gasteiger partial charge in [0.05, 0.1) is 17.0 Å². The Hall–Kier alpha value is -2.42. The highest BCUT2D eigenvalue weighted by atomic mass is 35.5. The molecule has 3 aliphatic rings. The molecule has 3 fully saturated rings. The van der Waals surface area contributed by atoms with E-state index in [0.717, 1.165) is 49.0 Å². The van der Waals surface area contributed by atoms with Crippen LogP contribution in [0, 0.1) is 6.92 Å². The number of aryl methyl sites for hydroxylation is 1. The highest BCUT2D eigenvalue weighted by Gasteiger charge is 2.54. The van der Waals surface area contributed by atoms with Crippen LogP contribution in [0.5, 0.6) is 0 Å². The first-order valence-corrected chi connectivity index (χ1v) is 15.0. The highest BCUT2D eigenvalue weighted by Crippen LogP contribution is 2.38. The normalized spacial score (nSPS) is 23.3. The van der Waals surface area contributed by atoms with Crippen LogP contribution in [-0.2, 0) is 16.1 Å². The molecule has 1 aromatic heterocycles. The third-order valence-corrected chi connectivity index (χ3v) is 9.49. The number of hydrogen-bond donors (Lipinski definition) is 2. The van der Waals surface area contributed by atoms with Crippen molar-refractivity contribution < 1.29 is 14.7 Å². The van der Waals surface area contributed by atoms with E-state index in [1.807, 2.05) is 42.2 Å². The standard InChI is InChI=1S/C30H42ClN5O3/c1-3-4-17-35-27(37)25(20-29(39)13-9-6-10-14-29)32-28(38)30(35)15-18-34(19-16-30)21-24-22(2)33-36(26(24)31)23-11-7-5-8-12-23/h5,7-8,11-12,25,39H,3-4,6,9-10,13-21H2,1-2H3,(H,32,38)/t25-/m1/s1. The van der Waals surface area contributed by atoms with Gasteiger partial charge in [-0.1, -0.05) is 62.4 Å². The predicted molar refractivity (Wildman–Crippen MR) is 152 cm³/mol. The van der Waals surface area contributed by atoms with E-state index in [1.54, 1.807) is 4.68 Å². The van der Waals surface area contributed by atoms with Crippen LogP contribution in [0.1, 0.15) is 82.4 Å².